The number of likely N-dealkylation sites (tertiary alicyclic amines) is 1. The average molecular weight is 366 g/mol. The number of rotatable bonds is 2. The zero-order valence-corrected chi connectivity index (χ0v) is 15.6. The smallest absolute Gasteiger partial charge is 0.261 e. The maximum Gasteiger partial charge on any atom is 0.261 e. The third-order valence-electron chi connectivity index (χ3n) is 6.66. The molecule has 0 unspecified atom stereocenters. The molecule has 2 bridgehead atoms. The molecule has 2 aliphatic heterocycles. The van der Waals surface area contributed by atoms with E-state index in [1.165, 1.54) is 19.3 Å². The highest BCUT2D eigenvalue weighted by Crippen LogP contribution is 2.37. The minimum Gasteiger partial charge on any atom is -0.464 e. The molecule has 3 aliphatic rings. The van der Waals surface area contributed by atoms with Crippen molar-refractivity contribution in [1.82, 2.24) is 9.47 Å². The Hall–Kier alpha value is -2.30. The first-order valence-electron chi connectivity index (χ1n) is 10.3. The first-order valence-corrected chi connectivity index (χ1v) is 10.3. The summed E-state index contributed by atoms with van der Waals surface area (Å²) in [7, 11) is 0. The molecule has 1 amide bonds. The fourth-order valence-corrected chi connectivity index (χ4v) is 5.35. The van der Waals surface area contributed by atoms with E-state index in [2.05, 4.69) is 11.0 Å². The van der Waals surface area contributed by atoms with Crippen LogP contribution < -0.4 is 5.56 Å². The predicted octanol–water partition coefficient (Wildman–Crippen LogP) is 3.63. The van der Waals surface area contributed by atoms with Gasteiger partial charge in [0, 0.05) is 37.2 Å². The summed E-state index contributed by atoms with van der Waals surface area (Å²) >= 11 is 0. The quantitative estimate of drug-likeness (QED) is 0.815. The van der Waals surface area contributed by atoms with Crippen LogP contribution in [0.2, 0.25) is 0 Å². The van der Waals surface area contributed by atoms with Gasteiger partial charge in [0.2, 0.25) is 5.91 Å². The molecule has 2 fully saturated rings. The van der Waals surface area contributed by atoms with Gasteiger partial charge < -0.3 is 13.9 Å². The number of piperidine rings is 1. The van der Waals surface area contributed by atoms with E-state index in [9.17, 15) is 9.59 Å². The van der Waals surface area contributed by atoms with Gasteiger partial charge in [-0.3, -0.25) is 9.59 Å². The Labute approximate surface area is 159 Å². The van der Waals surface area contributed by atoms with E-state index in [1.807, 2.05) is 22.8 Å². The second-order valence-corrected chi connectivity index (χ2v) is 8.44. The zero-order valence-electron chi connectivity index (χ0n) is 15.6. The summed E-state index contributed by atoms with van der Waals surface area (Å²) < 4.78 is 7.36. The molecule has 142 valence electrons. The summed E-state index contributed by atoms with van der Waals surface area (Å²) in [6.07, 6.45) is 8.41. The molecule has 1 saturated carbocycles. The minimum atomic E-state index is 0.0317. The number of pyridine rings is 1. The molecule has 0 N–H and O–H groups in total. The van der Waals surface area contributed by atoms with E-state index < -0.39 is 0 Å². The molecular weight excluding hydrogens is 340 g/mol. The van der Waals surface area contributed by atoms with Gasteiger partial charge in [-0.25, -0.2) is 0 Å². The molecular formula is C22H26N2O3. The maximum atomic E-state index is 13.0. The number of hydrogen-bond donors (Lipinski definition) is 0. The highest BCUT2D eigenvalue weighted by atomic mass is 16.3. The van der Waals surface area contributed by atoms with Gasteiger partial charge in [-0.1, -0.05) is 19.3 Å². The van der Waals surface area contributed by atoms with E-state index in [4.69, 9.17) is 4.42 Å². The number of nitrogens with zero attached hydrogens (tertiary/aromatic N) is 2. The summed E-state index contributed by atoms with van der Waals surface area (Å²) in [5, 5.41) is 0. The lowest BCUT2D eigenvalue weighted by Crippen LogP contribution is -2.50. The van der Waals surface area contributed by atoms with Crippen LogP contribution >= 0.6 is 0 Å². The number of carbonyl (C=O) groups excluding carboxylic acids is 1. The maximum absolute atomic E-state index is 13.0. The van der Waals surface area contributed by atoms with E-state index in [1.54, 1.807) is 6.26 Å². The van der Waals surface area contributed by atoms with Crippen LogP contribution in [0.5, 0.6) is 0 Å². The highest BCUT2D eigenvalue weighted by Gasteiger charge is 2.38. The standard InChI is InChI=1S/C22H26N2O3/c25-21(16-5-2-1-3-6-16)23-12-15-11-17(14-23)19-9-8-18(20-7-4-10-27-20)22(26)24(19)13-15/h4,7-10,15-17H,1-3,5-6,11-14H2/t15-,17-/m1/s1. The van der Waals surface area contributed by atoms with Gasteiger partial charge in [-0.2, -0.15) is 0 Å². The first kappa shape index (κ1) is 16.8. The first-order chi connectivity index (χ1) is 13.2. The number of hydrogen-bond acceptors (Lipinski definition) is 3. The van der Waals surface area contributed by atoms with Crippen molar-refractivity contribution in [3.63, 3.8) is 0 Å². The van der Waals surface area contributed by atoms with Crippen LogP contribution in [-0.2, 0) is 11.3 Å². The zero-order chi connectivity index (χ0) is 18.4. The molecule has 0 spiro atoms. The Kier molecular flexibility index (Phi) is 4.18. The van der Waals surface area contributed by atoms with Crippen LogP contribution in [0, 0.1) is 11.8 Å². The van der Waals surface area contributed by atoms with Gasteiger partial charge >= 0.3 is 0 Å². The number of carbonyl (C=O) groups is 1. The molecule has 2 atom stereocenters. The molecule has 2 aromatic heterocycles. The van der Waals surface area contributed by atoms with Crippen molar-refractivity contribution in [1.29, 1.82) is 0 Å². The monoisotopic (exact) mass is 366 g/mol. The lowest BCUT2D eigenvalue weighted by molar-refractivity contribution is -0.139. The molecule has 1 aliphatic carbocycles. The summed E-state index contributed by atoms with van der Waals surface area (Å²) in [4.78, 5) is 28.1. The lowest BCUT2D eigenvalue weighted by Gasteiger charge is -2.44. The molecule has 5 rings (SSSR count). The van der Waals surface area contributed by atoms with E-state index >= 15 is 0 Å². The average Bonchev–Trinajstić information content (AvgIpc) is 3.23. The summed E-state index contributed by atoms with van der Waals surface area (Å²) in [5.41, 5.74) is 1.73. The van der Waals surface area contributed by atoms with Gasteiger partial charge in [0.25, 0.3) is 5.56 Å². The molecule has 0 radical (unpaired) electrons. The Morgan fingerprint density at radius 2 is 1.89 bits per heavy atom. The topological polar surface area (TPSA) is 55.5 Å². The van der Waals surface area contributed by atoms with E-state index in [0.717, 1.165) is 38.0 Å². The Bertz CT molecular complexity index is 893. The highest BCUT2D eigenvalue weighted by molar-refractivity contribution is 5.79. The Balaban J connectivity index is 1.42. The van der Waals surface area contributed by atoms with Crippen LogP contribution in [-0.4, -0.2) is 28.5 Å². The van der Waals surface area contributed by atoms with Crippen LogP contribution in [0.1, 0.15) is 50.1 Å². The second-order valence-electron chi connectivity index (χ2n) is 8.44. The minimum absolute atomic E-state index is 0.0317. The van der Waals surface area contributed by atoms with Crippen molar-refractivity contribution in [2.45, 2.75) is 51.0 Å². The Morgan fingerprint density at radius 3 is 2.67 bits per heavy atom. The van der Waals surface area contributed by atoms with Gasteiger partial charge in [0.05, 0.1) is 11.8 Å². The van der Waals surface area contributed by atoms with Crippen molar-refractivity contribution < 1.29 is 9.21 Å². The van der Waals surface area contributed by atoms with Crippen molar-refractivity contribution in [2.24, 2.45) is 11.8 Å². The number of furan rings is 1. The number of amides is 1. The fourth-order valence-electron chi connectivity index (χ4n) is 5.35. The SMILES string of the molecule is O=C(C1CCCCC1)N1C[C@H]2C[C@H](C1)c1ccc(-c3ccco3)c(=O)n1C2. The molecule has 2 aromatic rings. The third kappa shape index (κ3) is 2.93. The van der Waals surface area contributed by atoms with Crippen molar-refractivity contribution in [3.05, 3.63) is 46.6 Å². The largest absolute Gasteiger partial charge is 0.464 e. The molecule has 5 heteroatoms. The van der Waals surface area contributed by atoms with Crippen LogP contribution in [0.4, 0.5) is 0 Å². The molecule has 27 heavy (non-hydrogen) atoms. The lowest BCUT2D eigenvalue weighted by atomic mass is 9.81. The van der Waals surface area contributed by atoms with Crippen molar-refractivity contribution in [2.75, 3.05) is 13.1 Å². The van der Waals surface area contributed by atoms with Crippen LogP contribution in [0.3, 0.4) is 0 Å². The molecule has 4 heterocycles. The summed E-state index contributed by atoms with van der Waals surface area (Å²) in [6, 6.07) is 7.59. The third-order valence-corrected chi connectivity index (χ3v) is 6.66. The van der Waals surface area contributed by atoms with Gasteiger partial charge in [0.15, 0.2) is 0 Å². The predicted molar refractivity (Wildman–Crippen MR) is 102 cm³/mol. The normalized spacial score (nSPS) is 25.3. The van der Waals surface area contributed by atoms with Crippen LogP contribution in [0.25, 0.3) is 11.3 Å². The van der Waals surface area contributed by atoms with Gasteiger partial charge in [-0.05, 0) is 49.4 Å². The van der Waals surface area contributed by atoms with Crippen molar-refractivity contribution in [3.8, 4) is 11.3 Å². The van der Waals surface area contributed by atoms with Gasteiger partial charge in [0.1, 0.15) is 5.76 Å². The van der Waals surface area contributed by atoms with Gasteiger partial charge in [-0.15, -0.1) is 0 Å². The van der Waals surface area contributed by atoms with Crippen molar-refractivity contribution >= 4 is 5.91 Å². The van der Waals surface area contributed by atoms with E-state index in [-0.39, 0.29) is 17.4 Å². The second kappa shape index (κ2) is 6.70. The number of fused-ring (bicyclic) bond motifs is 4. The number of aromatic nitrogens is 1. The summed E-state index contributed by atoms with van der Waals surface area (Å²) in [6.45, 7) is 2.25. The fraction of sp³-hybridized carbons (Fsp3) is 0.545. The van der Waals surface area contributed by atoms with E-state index in [0.29, 0.717) is 29.7 Å². The Morgan fingerprint density at radius 1 is 1.04 bits per heavy atom. The van der Waals surface area contributed by atoms with Crippen LogP contribution in [0.15, 0.2) is 39.7 Å². The molecule has 0 aromatic carbocycles. The summed E-state index contributed by atoms with van der Waals surface area (Å²) in [5.74, 6) is 1.84. The molecule has 5 nitrogen and oxygen atoms in total. The molecule has 1 saturated heterocycles.